The van der Waals surface area contributed by atoms with Crippen LogP contribution < -0.4 is 5.43 Å². The molecule has 2 heterocycles. The predicted octanol–water partition coefficient (Wildman–Crippen LogP) is 4.32. The Labute approximate surface area is 174 Å². The third kappa shape index (κ3) is 3.28. The molecule has 0 saturated heterocycles. The number of hydrogen-bond acceptors (Lipinski definition) is 5. The van der Waals surface area contributed by atoms with Crippen molar-refractivity contribution in [3.8, 4) is 0 Å². The normalized spacial score (nSPS) is 15.5. The summed E-state index contributed by atoms with van der Waals surface area (Å²) in [5, 5.41) is 0.454. The monoisotopic (exact) mass is 405 g/mol. The second-order valence-electron chi connectivity index (χ2n) is 7.39. The molecule has 2 aromatic carbocycles. The van der Waals surface area contributed by atoms with Gasteiger partial charge in [0.25, 0.3) is 5.91 Å². The molecule has 1 amide bonds. The highest BCUT2D eigenvalue weighted by Crippen LogP contribution is 2.38. The molecule has 1 unspecified atom stereocenters. The van der Waals surface area contributed by atoms with E-state index in [2.05, 4.69) is 6.92 Å². The molecular weight excluding hydrogens is 382 g/mol. The van der Waals surface area contributed by atoms with E-state index in [1.54, 1.807) is 53.4 Å². The van der Waals surface area contributed by atoms with Crippen molar-refractivity contribution in [2.75, 3.05) is 13.7 Å². The molecule has 0 aliphatic carbocycles. The number of fused-ring (bicyclic) bond motifs is 2. The highest BCUT2D eigenvalue weighted by atomic mass is 16.5. The van der Waals surface area contributed by atoms with Crippen LogP contribution in [-0.4, -0.2) is 30.4 Å². The molecule has 6 heteroatoms. The van der Waals surface area contributed by atoms with Crippen LogP contribution in [0.25, 0.3) is 11.0 Å². The highest BCUT2D eigenvalue weighted by molar-refractivity contribution is 5.99. The molecule has 0 saturated carbocycles. The molecule has 30 heavy (non-hydrogen) atoms. The van der Waals surface area contributed by atoms with Crippen molar-refractivity contribution in [3.63, 3.8) is 0 Å². The first-order valence-corrected chi connectivity index (χ1v) is 10.1. The SMILES string of the molecule is CCCCCN1C(=O)c2oc3ccccc3c(=O)c2C1c1ccc(C(=O)OC)cc1. The summed E-state index contributed by atoms with van der Waals surface area (Å²) in [6.45, 7) is 2.62. The van der Waals surface area contributed by atoms with Crippen molar-refractivity contribution >= 4 is 22.8 Å². The van der Waals surface area contributed by atoms with E-state index < -0.39 is 12.0 Å². The predicted molar refractivity (Wildman–Crippen MR) is 113 cm³/mol. The number of amides is 1. The Morgan fingerprint density at radius 3 is 2.50 bits per heavy atom. The Balaban J connectivity index is 1.85. The van der Waals surface area contributed by atoms with Crippen molar-refractivity contribution in [3.05, 3.63) is 81.2 Å². The van der Waals surface area contributed by atoms with Gasteiger partial charge in [-0.25, -0.2) is 4.79 Å². The lowest BCUT2D eigenvalue weighted by atomic mass is 9.97. The van der Waals surface area contributed by atoms with Crippen molar-refractivity contribution in [2.24, 2.45) is 0 Å². The summed E-state index contributed by atoms with van der Waals surface area (Å²) in [7, 11) is 1.33. The van der Waals surface area contributed by atoms with Gasteiger partial charge in [0.15, 0.2) is 5.43 Å². The van der Waals surface area contributed by atoms with Gasteiger partial charge in [-0.05, 0) is 36.2 Å². The molecule has 0 spiro atoms. The van der Waals surface area contributed by atoms with Crippen molar-refractivity contribution in [2.45, 2.75) is 32.2 Å². The number of para-hydroxylation sites is 1. The maximum absolute atomic E-state index is 13.3. The zero-order valence-corrected chi connectivity index (χ0v) is 17.0. The average molecular weight is 405 g/mol. The summed E-state index contributed by atoms with van der Waals surface area (Å²) >= 11 is 0. The number of ether oxygens (including phenoxy) is 1. The van der Waals surface area contributed by atoms with E-state index >= 15 is 0 Å². The Hall–Kier alpha value is -3.41. The molecule has 3 aromatic rings. The van der Waals surface area contributed by atoms with Crippen molar-refractivity contribution < 1.29 is 18.7 Å². The quantitative estimate of drug-likeness (QED) is 0.451. The average Bonchev–Trinajstić information content (AvgIpc) is 3.06. The molecule has 1 aliphatic heterocycles. The summed E-state index contributed by atoms with van der Waals surface area (Å²) in [5.74, 6) is -0.599. The van der Waals surface area contributed by atoms with Gasteiger partial charge in [-0.15, -0.1) is 0 Å². The molecule has 1 aromatic heterocycles. The fourth-order valence-electron chi connectivity index (χ4n) is 4.00. The van der Waals surface area contributed by atoms with Crippen LogP contribution in [-0.2, 0) is 4.74 Å². The minimum absolute atomic E-state index is 0.109. The van der Waals surface area contributed by atoms with E-state index in [4.69, 9.17) is 9.15 Å². The molecule has 4 rings (SSSR count). The van der Waals surface area contributed by atoms with Gasteiger partial charge < -0.3 is 14.1 Å². The number of carbonyl (C=O) groups is 2. The number of rotatable bonds is 6. The lowest BCUT2D eigenvalue weighted by molar-refractivity contribution is 0.0600. The van der Waals surface area contributed by atoms with Gasteiger partial charge in [-0.2, -0.15) is 0 Å². The van der Waals surface area contributed by atoms with Crippen LogP contribution >= 0.6 is 0 Å². The Morgan fingerprint density at radius 1 is 1.07 bits per heavy atom. The minimum Gasteiger partial charge on any atom is -0.465 e. The molecule has 0 N–H and O–H groups in total. The van der Waals surface area contributed by atoms with Crippen molar-refractivity contribution in [1.29, 1.82) is 0 Å². The van der Waals surface area contributed by atoms with Crippen LogP contribution in [0.1, 0.15) is 64.3 Å². The van der Waals surface area contributed by atoms with E-state index in [1.165, 1.54) is 7.11 Å². The van der Waals surface area contributed by atoms with E-state index in [0.717, 1.165) is 24.8 Å². The van der Waals surface area contributed by atoms with Gasteiger partial charge in [0.1, 0.15) is 5.58 Å². The summed E-state index contributed by atoms with van der Waals surface area (Å²) < 4.78 is 10.7. The fourth-order valence-corrected chi connectivity index (χ4v) is 4.00. The zero-order valence-electron chi connectivity index (χ0n) is 17.0. The van der Waals surface area contributed by atoms with Crippen LogP contribution in [0.5, 0.6) is 0 Å². The second-order valence-corrected chi connectivity index (χ2v) is 7.39. The number of nitrogens with zero attached hydrogens (tertiary/aromatic N) is 1. The van der Waals surface area contributed by atoms with E-state index in [1.807, 2.05) is 0 Å². The molecule has 1 atom stereocenters. The second kappa shape index (κ2) is 8.14. The van der Waals surface area contributed by atoms with E-state index in [9.17, 15) is 14.4 Å². The van der Waals surface area contributed by atoms with Crippen LogP contribution in [0.15, 0.2) is 57.7 Å². The van der Waals surface area contributed by atoms with Crippen molar-refractivity contribution in [1.82, 2.24) is 4.90 Å². The topological polar surface area (TPSA) is 76.8 Å². The maximum atomic E-state index is 13.3. The highest BCUT2D eigenvalue weighted by Gasteiger charge is 2.42. The Bertz CT molecular complexity index is 1160. The number of unbranched alkanes of at least 4 members (excludes halogenated alkanes) is 2. The molecule has 0 bridgehead atoms. The molecule has 0 radical (unpaired) electrons. The molecule has 0 fully saturated rings. The molecule has 1 aliphatic rings. The van der Waals surface area contributed by atoms with E-state index in [0.29, 0.717) is 28.6 Å². The third-order valence-electron chi connectivity index (χ3n) is 5.52. The number of benzene rings is 2. The lowest BCUT2D eigenvalue weighted by Crippen LogP contribution is -2.30. The number of methoxy groups -OCH3 is 1. The van der Waals surface area contributed by atoms with Gasteiger partial charge in [0.2, 0.25) is 5.76 Å². The third-order valence-corrected chi connectivity index (χ3v) is 5.52. The van der Waals surface area contributed by atoms with Gasteiger partial charge >= 0.3 is 5.97 Å². The summed E-state index contributed by atoms with van der Waals surface area (Å²) in [6.07, 6.45) is 2.84. The van der Waals surface area contributed by atoms with Gasteiger partial charge in [0, 0.05) is 6.54 Å². The van der Waals surface area contributed by atoms with Crippen LogP contribution in [0.2, 0.25) is 0 Å². The van der Waals surface area contributed by atoms with Gasteiger partial charge in [-0.1, -0.05) is 44.0 Å². The van der Waals surface area contributed by atoms with Gasteiger partial charge in [-0.3, -0.25) is 9.59 Å². The fraction of sp³-hybridized carbons (Fsp3) is 0.292. The Kier molecular flexibility index (Phi) is 5.40. The summed E-state index contributed by atoms with van der Waals surface area (Å²) in [6, 6.07) is 13.2. The summed E-state index contributed by atoms with van der Waals surface area (Å²) in [5.41, 5.74) is 1.74. The number of esters is 1. The van der Waals surface area contributed by atoms with Gasteiger partial charge in [0.05, 0.1) is 29.7 Å². The first-order chi connectivity index (χ1) is 14.6. The van der Waals surface area contributed by atoms with E-state index in [-0.39, 0.29) is 17.1 Å². The van der Waals surface area contributed by atoms with Crippen LogP contribution in [0.4, 0.5) is 0 Å². The molecular formula is C24H23NO5. The van der Waals surface area contributed by atoms with Crippen LogP contribution in [0.3, 0.4) is 0 Å². The summed E-state index contributed by atoms with van der Waals surface area (Å²) in [4.78, 5) is 40.0. The Morgan fingerprint density at radius 2 is 1.80 bits per heavy atom. The smallest absolute Gasteiger partial charge is 0.337 e. The largest absolute Gasteiger partial charge is 0.465 e. The number of carbonyl (C=O) groups excluding carboxylic acids is 2. The molecule has 6 nitrogen and oxygen atoms in total. The standard InChI is InChI=1S/C24H23NO5/c1-3-4-7-14-25-20(15-10-12-16(13-11-15)24(28)29-2)19-21(26)17-8-5-6-9-18(17)30-22(19)23(25)27/h5-6,8-13,20H,3-4,7,14H2,1-2H3. The zero-order chi connectivity index (χ0) is 21.3. The van der Waals surface area contributed by atoms with Crippen LogP contribution in [0, 0.1) is 0 Å². The first-order valence-electron chi connectivity index (χ1n) is 10.1. The first kappa shape index (κ1) is 19.9. The minimum atomic E-state index is -0.545. The lowest BCUT2D eigenvalue weighted by Gasteiger charge is -2.25. The number of hydrogen-bond donors (Lipinski definition) is 0. The molecule has 154 valence electrons. The maximum Gasteiger partial charge on any atom is 0.337 e.